The number of benzene rings is 2. The summed E-state index contributed by atoms with van der Waals surface area (Å²) < 4.78 is 45.5. The second-order valence-corrected chi connectivity index (χ2v) is 8.65. The highest BCUT2D eigenvalue weighted by atomic mass is 19.4. The molecule has 5 rings (SSSR count). The average Bonchev–Trinajstić information content (AvgIpc) is 3.49. The molecule has 0 radical (unpaired) electrons. The summed E-state index contributed by atoms with van der Waals surface area (Å²) in [4.78, 5) is 6.94. The van der Waals surface area contributed by atoms with Gasteiger partial charge in [0.2, 0.25) is 5.95 Å². The van der Waals surface area contributed by atoms with Gasteiger partial charge in [-0.15, -0.1) is 5.10 Å². The molecule has 1 fully saturated rings. The van der Waals surface area contributed by atoms with Crippen molar-refractivity contribution in [2.45, 2.75) is 25.4 Å². The molecule has 0 spiro atoms. The summed E-state index contributed by atoms with van der Waals surface area (Å²) in [6, 6.07) is 19.5. The van der Waals surface area contributed by atoms with Crippen LogP contribution in [0.5, 0.6) is 5.75 Å². The van der Waals surface area contributed by atoms with Crippen molar-refractivity contribution in [3.05, 3.63) is 72.3 Å². The van der Waals surface area contributed by atoms with Crippen LogP contribution in [0.15, 0.2) is 66.7 Å². The third-order valence-corrected chi connectivity index (χ3v) is 6.00. The van der Waals surface area contributed by atoms with Gasteiger partial charge in [0.15, 0.2) is 5.65 Å². The number of halogens is 3. The number of pyridine rings is 1. The maximum absolute atomic E-state index is 12.7. The highest BCUT2D eigenvalue weighted by molar-refractivity contribution is 5.65. The van der Waals surface area contributed by atoms with Gasteiger partial charge in [-0.3, -0.25) is 4.90 Å². The van der Waals surface area contributed by atoms with E-state index in [2.05, 4.69) is 20.3 Å². The Labute approximate surface area is 201 Å². The van der Waals surface area contributed by atoms with Gasteiger partial charge in [0, 0.05) is 17.8 Å². The van der Waals surface area contributed by atoms with Gasteiger partial charge in [-0.05, 0) is 67.9 Å². The van der Waals surface area contributed by atoms with E-state index in [0.29, 0.717) is 18.2 Å². The molecular weight excluding hydrogens is 455 g/mol. The van der Waals surface area contributed by atoms with Crippen molar-refractivity contribution in [3.63, 3.8) is 0 Å². The zero-order valence-electron chi connectivity index (χ0n) is 19.1. The summed E-state index contributed by atoms with van der Waals surface area (Å²) in [5, 5.41) is 7.76. The molecule has 6 nitrogen and oxygen atoms in total. The molecule has 1 aliphatic rings. The minimum absolute atomic E-state index is 0.220. The van der Waals surface area contributed by atoms with Crippen LogP contribution in [-0.2, 0) is 6.42 Å². The molecule has 2 aromatic carbocycles. The lowest BCUT2D eigenvalue weighted by Gasteiger charge is -2.15. The first-order chi connectivity index (χ1) is 16.9. The Balaban J connectivity index is 1.26. The Morgan fingerprint density at radius 3 is 2.37 bits per heavy atom. The van der Waals surface area contributed by atoms with E-state index < -0.39 is 12.6 Å². The van der Waals surface area contributed by atoms with Gasteiger partial charge in [0.05, 0.1) is 12.1 Å². The maximum Gasteiger partial charge on any atom is 0.393 e. The molecule has 9 heteroatoms. The molecule has 0 saturated carbocycles. The van der Waals surface area contributed by atoms with E-state index in [-0.39, 0.29) is 5.56 Å². The van der Waals surface area contributed by atoms with Crippen molar-refractivity contribution in [1.82, 2.24) is 19.5 Å². The first-order valence-corrected chi connectivity index (χ1v) is 11.7. The molecule has 1 saturated heterocycles. The Morgan fingerprint density at radius 1 is 0.914 bits per heavy atom. The number of alkyl halides is 3. The zero-order chi connectivity index (χ0) is 24.3. The predicted molar refractivity (Wildman–Crippen MR) is 129 cm³/mol. The molecule has 35 heavy (non-hydrogen) atoms. The van der Waals surface area contributed by atoms with Crippen molar-refractivity contribution in [1.29, 1.82) is 0 Å². The predicted octanol–water partition coefficient (Wildman–Crippen LogP) is 5.72. The number of ether oxygens (including phenoxy) is 1. The Morgan fingerprint density at radius 2 is 1.66 bits per heavy atom. The second-order valence-electron chi connectivity index (χ2n) is 8.65. The second kappa shape index (κ2) is 9.95. The van der Waals surface area contributed by atoms with Crippen LogP contribution in [0.3, 0.4) is 0 Å². The highest BCUT2D eigenvalue weighted by Gasteiger charge is 2.27. The minimum atomic E-state index is -4.23. The van der Waals surface area contributed by atoms with Crippen LogP contribution in [0, 0.1) is 0 Å². The van der Waals surface area contributed by atoms with Gasteiger partial charge < -0.3 is 10.1 Å². The minimum Gasteiger partial charge on any atom is -0.492 e. The summed E-state index contributed by atoms with van der Waals surface area (Å²) in [6.07, 6.45) is -2.64. The van der Waals surface area contributed by atoms with Gasteiger partial charge in [-0.1, -0.05) is 30.3 Å². The third kappa shape index (κ3) is 5.92. The molecule has 2 aromatic heterocycles. The fourth-order valence-electron chi connectivity index (χ4n) is 4.26. The summed E-state index contributed by atoms with van der Waals surface area (Å²) in [5.41, 5.74) is 3.17. The van der Waals surface area contributed by atoms with Gasteiger partial charge >= 0.3 is 6.18 Å². The van der Waals surface area contributed by atoms with E-state index in [0.717, 1.165) is 42.3 Å². The summed E-state index contributed by atoms with van der Waals surface area (Å²) in [7, 11) is 0. The fourth-order valence-corrected chi connectivity index (χ4v) is 4.26. The van der Waals surface area contributed by atoms with Crippen LogP contribution in [0.1, 0.15) is 18.4 Å². The van der Waals surface area contributed by atoms with Crippen molar-refractivity contribution in [2.75, 3.05) is 31.6 Å². The number of hydrogen-bond acceptors (Lipinski definition) is 5. The zero-order valence-corrected chi connectivity index (χ0v) is 19.1. The van der Waals surface area contributed by atoms with E-state index in [1.54, 1.807) is 16.6 Å². The van der Waals surface area contributed by atoms with E-state index in [1.165, 1.54) is 25.0 Å². The Bertz CT molecular complexity index is 1260. The topological polar surface area (TPSA) is 54.7 Å². The first-order valence-electron chi connectivity index (χ1n) is 11.7. The molecule has 0 aliphatic carbocycles. The van der Waals surface area contributed by atoms with Gasteiger partial charge in [-0.2, -0.15) is 18.2 Å². The van der Waals surface area contributed by atoms with Crippen molar-refractivity contribution < 1.29 is 17.9 Å². The number of hydrogen-bond donors (Lipinski definition) is 1. The van der Waals surface area contributed by atoms with Crippen LogP contribution in [0.2, 0.25) is 0 Å². The molecule has 1 N–H and O–H groups in total. The molecule has 0 atom stereocenters. The number of fused-ring (bicyclic) bond motifs is 1. The standard InChI is InChI=1S/C26H26F3N5O/c27-26(28,29)18-19-6-8-20(9-7-19)23-4-3-5-24-31-25(32-34(23)24)30-21-10-12-22(13-11-21)35-17-16-33-14-1-2-15-33/h3-13H,1-2,14-18H2,(H,30,32). The molecule has 1 aliphatic heterocycles. The highest BCUT2D eigenvalue weighted by Crippen LogP contribution is 2.26. The van der Waals surface area contributed by atoms with Crippen LogP contribution in [0.4, 0.5) is 24.8 Å². The molecule has 182 valence electrons. The van der Waals surface area contributed by atoms with E-state index >= 15 is 0 Å². The van der Waals surface area contributed by atoms with Crippen LogP contribution in [-0.4, -0.2) is 51.9 Å². The lowest BCUT2D eigenvalue weighted by Crippen LogP contribution is -2.25. The number of nitrogens with zero attached hydrogens (tertiary/aromatic N) is 4. The van der Waals surface area contributed by atoms with Gasteiger partial charge in [0.25, 0.3) is 0 Å². The summed E-state index contributed by atoms with van der Waals surface area (Å²) in [5.74, 6) is 1.24. The van der Waals surface area contributed by atoms with E-state index in [1.807, 2.05) is 42.5 Å². The number of aromatic nitrogens is 3. The molecule has 0 amide bonds. The molecule has 4 aromatic rings. The molecule has 3 heterocycles. The average molecular weight is 482 g/mol. The number of rotatable bonds is 8. The molecule has 0 bridgehead atoms. The van der Waals surface area contributed by atoms with Crippen molar-refractivity contribution in [3.8, 4) is 17.0 Å². The van der Waals surface area contributed by atoms with Crippen LogP contribution in [0.25, 0.3) is 16.9 Å². The van der Waals surface area contributed by atoms with Crippen LogP contribution < -0.4 is 10.1 Å². The Hall–Kier alpha value is -3.59. The van der Waals surface area contributed by atoms with Gasteiger partial charge in [0.1, 0.15) is 12.4 Å². The third-order valence-electron chi connectivity index (χ3n) is 6.00. The lowest BCUT2D eigenvalue weighted by atomic mass is 10.1. The van der Waals surface area contributed by atoms with Crippen molar-refractivity contribution >= 4 is 17.3 Å². The monoisotopic (exact) mass is 481 g/mol. The van der Waals surface area contributed by atoms with E-state index in [9.17, 15) is 13.2 Å². The summed E-state index contributed by atoms with van der Waals surface area (Å²) >= 11 is 0. The Kier molecular flexibility index (Phi) is 6.59. The number of anilines is 2. The number of nitrogens with one attached hydrogen (secondary N) is 1. The largest absolute Gasteiger partial charge is 0.492 e. The van der Waals surface area contributed by atoms with Gasteiger partial charge in [-0.25, -0.2) is 4.52 Å². The fraction of sp³-hybridized carbons (Fsp3) is 0.308. The first kappa shape index (κ1) is 23.2. The normalized spacial score (nSPS) is 14.5. The van der Waals surface area contributed by atoms with Crippen molar-refractivity contribution in [2.24, 2.45) is 0 Å². The molecule has 0 unspecified atom stereocenters. The maximum atomic E-state index is 12.7. The van der Waals surface area contributed by atoms with Crippen LogP contribution >= 0.6 is 0 Å². The smallest absolute Gasteiger partial charge is 0.393 e. The quantitative estimate of drug-likeness (QED) is 0.349. The van der Waals surface area contributed by atoms with E-state index in [4.69, 9.17) is 4.74 Å². The summed E-state index contributed by atoms with van der Waals surface area (Å²) in [6.45, 7) is 3.92. The SMILES string of the molecule is FC(F)(F)Cc1ccc(-c2cccc3nc(Nc4ccc(OCCN5CCCC5)cc4)nn23)cc1. The number of likely N-dealkylation sites (tertiary alicyclic amines) is 1. The lowest BCUT2D eigenvalue weighted by molar-refractivity contribution is -0.127. The molecular formula is C26H26F3N5O.